The monoisotopic (exact) mass is 253 g/mol. The standard InChI is InChI=1S/C11H12F5N/c1-3-17-10(11(14,15)16)7-5-4-6(2)8(12)9(7)13/h4-5,10,17H,3H2,1-2H3. The summed E-state index contributed by atoms with van der Waals surface area (Å²) in [6, 6.07) is -0.110. The Labute approximate surface area is 95.6 Å². The summed E-state index contributed by atoms with van der Waals surface area (Å²) in [7, 11) is 0. The second-order valence-corrected chi connectivity index (χ2v) is 3.63. The van der Waals surface area contributed by atoms with E-state index >= 15 is 0 Å². The number of nitrogens with one attached hydrogen (secondary N) is 1. The lowest BCUT2D eigenvalue weighted by Crippen LogP contribution is -2.35. The number of rotatable bonds is 3. The van der Waals surface area contributed by atoms with Gasteiger partial charge >= 0.3 is 6.18 Å². The van der Waals surface area contributed by atoms with Crippen molar-refractivity contribution in [2.75, 3.05) is 6.54 Å². The molecule has 0 aliphatic heterocycles. The third-order valence-corrected chi connectivity index (χ3v) is 2.35. The highest BCUT2D eigenvalue weighted by molar-refractivity contribution is 5.28. The highest BCUT2D eigenvalue weighted by Crippen LogP contribution is 2.34. The smallest absolute Gasteiger partial charge is 0.303 e. The average molecular weight is 253 g/mol. The first-order valence-corrected chi connectivity index (χ1v) is 5.03. The molecule has 1 atom stereocenters. The molecule has 1 nitrogen and oxygen atoms in total. The van der Waals surface area contributed by atoms with E-state index in [-0.39, 0.29) is 12.1 Å². The molecule has 17 heavy (non-hydrogen) atoms. The van der Waals surface area contributed by atoms with Crippen LogP contribution in [0.3, 0.4) is 0 Å². The minimum absolute atomic E-state index is 0.000881. The molecule has 0 heterocycles. The van der Waals surface area contributed by atoms with Gasteiger partial charge < -0.3 is 5.32 Å². The van der Waals surface area contributed by atoms with Crippen molar-refractivity contribution >= 4 is 0 Å². The highest BCUT2D eigenvalue weighted by Gasteiger charge is 2.42. The second-order valence-electron chi connectivity index (χ2n) is 3.63. The molecule has 0 saturated heterocycles. The zero-order valence-electron chi connectivity index (χ0n) is 9.33. The molecule has 1 aromatic rings. The molecule has 0 fully saturated rings. The SMILES string of the molecule is CCNC(c1ccc(C)c(F)c1F)C(F)(F)F. The van der Waals surface area contributed by atoms with E-state index in [4.69, 9.17) is 0 Å². The van der Waals surface area contributed by atoms with E-state index in [0.29, 0.717) is 0 Å². The summed E-state index contributed by atoms with van der Waals surface area (Å²) in [4.78, 5) is 0. The lowest BCUT2D eigenvalue weighted by Gasteiger charge is -2.22. The largest absolute Gasteiger partial charge is 0.408 e. The maximum Gasteiger partial charge on any atom is 0.408 e. The first kappa shape index (κ1) is 13.9. The van der Waals surface area contributed by atoms with Crippen LogP contribution in [-0.4, -0.2) is 12.7 Å². The van der Waals surface area contributed by atoms with Crippen LogP contribution in [0.4, 0.5) is 22.0 Å². The Morgan fingerprint density at radius 1 is 1.18 bits per heavy atom. The zero-order valence-corrected chi connectivity index (χ0v) is 9.33. The summed E-state index contributed by atoms with van der Waals surface area (Å²) < 4.78 is 64.6. The molecule has 96 valence electrons. The molecule has 1 aromatic carbocycles. The Morgan fingerprint density at radius 2 is 1.76 bits per heavy atom. The van der Waals surface area contributed by atoms with Gasteiger partial charge in [-0.05, 0) is 19.0 Å². The third-order valence-electron chi connectivity index (χ3n) is 2.35. The predicted octanol–water partition coefficient (Wildman–Crippen LogP) is 3.49. The van der Waals surface area contributed by atoms with Crippen molar-refractivity contribution < 1.29 is 22.0 Å². The van der Waals surface area contributed by atoms with Crippen molar-refractivity contribution in [2.45, 2.75) is 26.1 Å². The molecule has 6 heteroatoms. The number of hydrogen-bond donors (Lipinski definition) is 1. The fourth-order valence-corrected chi connectivity index (χ4v) is 1.49. The van der Waals surface area contributed by atoms with Gasteiger partial charge in [0.15, 0.2) is 11.6 Å². The summed E-state index contributed by atoms with van der Waals surface area (Å²) in [5, 5.41) is 2.09. The molecule has 1 rings (SSSR count). The summed E-state index contributed by atoms with van der Waals surface area (Å²) >= 11 is 0. The van der Waals surface area contributed by atoms with E-state index in [1.54, 1.807) is 0 Å². The topological polar surface area (TPSA) is 12.0 Å². The van der Waals surface area contributed by atoms with Crippen LogP contribution in [-0.2, 0) is 0 Å². The van der Waals surface area contributed by atoms with Gasteiger partial charge in [-0.15, -0.1) is 0 Å². The molecule has 0 bridgehead atoms. The fraction of sp³-hybridized carbons (Fsp3) is 0.455. The van der Waals surface area contributed by atoms with Gasteiger partial charge in [0, 0.05) is 5.56 Å². The molecule has 0 radical (unpaired) electrons. The molecule has 1 unspecified atom stereocenters. The van der Waals surface area contributed by atoms with Gasteiger partial charge in [0.05, 0.1) is 0 Å². The molecule has 0 aromatic heterocycles. The molecular weight excluding hydrogens is 241 g/mol. The van der Waals surface area contributed by atoms with Gasteiger partial charge in [-0.2, -0.15) is 13.2 Å². The minimum Gasteiger partial charge on any atom is -0.303 e. The summed E-state index contributed by atoms with van der Waals surface area (Å²) in [6.45, 7) is 2.75. The van der Waals surface area contributed by atoms with Crippen LogP contribution in [0.25, 0.3) is 0 Å². The van der Waals surface area contributed by atoms with Crippen LogP contribution in [0.1, 0.15) is 24.1 Å². The van der Waals surface area contributed by atoms with E-state index < -0.39 is 29.4 Å². The predicted molar refractivity (Wildman–Crippen MR) is 53.6 cm³/mol. The highest BCUT2D eigenvalue weighted by atomic mass is 19.4. The fourth-order valence-electron chi connectivity index (χ4n) is 1.49. The summed E-state index contributed by atoms with van der Waals surface area (Å²) in [5.41, 5.74) is -0.744. The number of aryl methyl sites for hydroxylation is 1. The van der Waals surface area contributed by atoms with Gasteiger partial charge in [-0.1, -0.05) is 19.1 Å². The Bertz CT molecular complexity index is 400. The van der Waals surface area contributed by atoms with E-state index in [9.17, 15) is 22.0 Å². The van der Waals surface area contributed by atoms with Crippen molar-refractivity contribution in [3.63, 3.8) is 0 Å². The van der Waals surface area contributed by atoms with Crippen LogP contribution in [0.5, 0.6) is 0 Å². The Kier molecular flexibility index (Phi) is 4.08. The van der Waals surface area contributed by atoms with Crippen LogP contribution in [0.15, 0.2) is 12.1 Å². The lowest BCUT2D eigenvalue weighted by molar-refractivity contribution is -0.158. The van der Waals surface area contributed by atoms with Crippen molar-refractivity contribution in [1.29, 1.82) is 0 Å². The van der Waals surface area contributed by atoms with Gasteiger partial charge in [0.1, 0.15) is 6.04 Å². The summed E-state index contributed by atoms with van der Waals surface area (Å²) in [5.74, 6) is -2.69. The lowest BCUT2D eigenvalue weighted by atomic mass is 10.0. The number of benzene rings is 1. The Hall–Kier alpha value is -1.17. The van der Waals surface area contributed by atoms with E-state index in [0.717, 1.165) is 12.1 Å². The second kappa shape index (κ2) is 5.00. The molecule has 0 amide bonds. The Balaban J connectivity index is 3.25. The van der Waals surface area contributed by atoms with Crippen molar-refractivity contribution in [3.8, 4) is 0 Å². The number of halogens is 5. The third kappa shape index (κ3) is 2.94. The van der Waals surface area contributed by atoms with E-state index in [1.165, 1.54) is 13.8 Å². The molecule has 0 saturated carbocycles. The first-order chi connectivity index (χ1) is 7.79. The van der Waals surface area contributed by atoms with Crippen LogP contribution in [0, 0.1) is 18.6 Å². The van der Waals surface area contributed by atoms with Gasteiger partial charge in [-0.25, -0.2) is 8.78 Å². The van der Waals surface area contributed by atoms with Crippen LogP contribution >= 0.6 is 0 Å². The number of hydrogen-bond acceptors (Lipinski definition) is 1. The zero-order chi connectivity index (χ0) is 13.2. The molecule has 0 spiro atoms. The Morgan fingerprint density at radius 3 is 2.24 bits per heavy atom. The minimum atomic E-state index is -4.67. The van der Waals surface area contributed by atoms with Crippen LogP contribution < -0.4 is 5.32 Å². The maximum absolute atomic E-state index is 13.5. The van der Waals surface area contributed by atoms with Crippen LogP contribution in [0.2, 0.25) is 0 Å². The van der Waals surface area contributed by atoms with E-state index in [1.807, 2.05) is 0 Å². The van der Waals surface area contributed by atoms with Crippen molar-refractivity contribution in [1.82, 2.24) is 5.32 Å². The van der Waals surface area contributed by atoms with E-state index in [2.05, 4.69) is 5.32 Å². The molecule has 0 aliphatic carbocycles. The van der Waals surface area contributed by atoms with Gasteiger partial charge in [0.2, 0.25) is 0 Å². The quantitative estimate of drug-likeness (QED) is 0.813. The molecular formula is C11H12F5N. The van der Waals surface area contributed by atoms with Crippen molar-refractivity contribution in [2.24, 2.45) is 0 Å². The summed E-state index contributed by atoms with van der Waals surface area (Å²) in [6.07, 6.45) is -4.67. The number of alkyl halides is 3. The average Bonchev–Trinajstić information content (AvgIpc) is 2.22. The van der Waals surface area contributed by atoms with Gasteiger partial charge in [-0.3, -0.25) is 0 Å². The van der Waals surface area contributed by atoms with Crippen molar-refractivity contribution in [3.05, 3.63) is 34.9 Å². The molecule has 0 aliphatic rings. The maximum atomic E-state index is 13.5. The molecule has 1 N–H and O–H groups in total. The first-order valence-electron chi connectivity index (χ1n) is 5.03. The van der Waals surface area contributed by atoms with Gasteiger partial charge in [0.25, 0.3) is 0 Å². The normalized spacial score (nSPS) is 13.8.